The van der Waals surface area contributed by atoms with Gasteiger partial charge in [0.25, 0.3) is 5.91 Å². The zero-order valence-electron chi connectivity index (χ0n) is 12.4. The van der Waals surface area contributed by atoms with Gasteiger partial charge in [-0.2, -0.15) is 0 Å². The smallest absolute Gasteiger partial charge is 0.251 e. The largest absolute Gasteiger partial charge is 0.364 e. The summed E-state index contributed by atoms with van der Waals surface area (Å²) < 4.78 is 5.72. The highest BCUT2D eigenvalue weighted by Gasteiger charge is 2.35. The standard InChI is InChI=1S/C17H24N2O2/c18-11-15-6-7-16(21-15)17(20)19-9-8-14(12-19)10-13-4-2-1-3-5-13/h1-5,14-16H,6-12,18H2/t14?,15-,16+/m1/s1. The molecule has 0 spiro atoms. The van der Waals surface area contributed by atoms with E-state index in [1.807, 2.05) is 11.0 Å². The molecule has 1 aromatic rings. The van der Waals surface area contributed by atoms with Gasteiger partial charge in [-0.1, -0.05) is 30.3 Å². The van der Waals surface area contributed by atoms with Crippen LogP contribution in [0.4, 0.5) is 0 Å². The van der Waals surface area contributed by atoms with Gasteiger partial charge in [-0.3, -0.25) is 4.79 Å². The van der Waals surface area contributed by atoms with Crippen LogP contribution in [0.2, 0.25) is 0 Å². The fourth-order valence-corrected chi connectivity index (χ4v) is 3.41. The minimum absolute atomic E-state index is 0.0710. The van der Waals surface area contributed by atoms with Gasteiger partial charge in [0.1, 0.15) is 6.10 Å². The first-order valence-electron chi connectivity index (χ1n) is 7.94. The molecule has 0 aromatic heterocycles. The van der Waals surface area contributed by atoms with Crippen LogP contribution >= 0.6 is 0 Å². The number of benzene rings is 1. The summed E-state index contributed by atoms with van der Waals surface area (Å²) in [4.78, 5) is 14.5. The second-order valence-corrected chi connectivity index (χ2v) is 6.19. The van der Waals surface area contributed by atoms with Crippen molar-refractivity contribution >= 4 is 5.91 Å². The van der Waals surface area contributed by atoms with Crippen LogP contribution in [0.25, 0.3) is 0 Å². The van der Waals surface area contributed by atoms with Crippen molar-refractivity contribution in [3.05, 3.63) is 35.9 Å². The summed E-state index contributed by atoms with van der Waals surface area (Å²) in [6.45, 7) is 2.24. The van der Waals surface area contributed by atoms with Gasteiger partial charge in [-0.25, -0.2) is 0 Å². The second kappa shape index (κ2) is 6.58. The molecule has 4 heteroatoms. The van der Waals surface area contributed by atoms with E-state index in [0.717, 1.165) is 38.8 Å². The predicted octanol–water partition coefficient (Wildman–Crippen LogP) is 1.58. The Balaban J connectivity index is 1.51. The summed E-state index contributed by atoms with van der Waals surface area (Å²) in [6, 6.07) is 10.5. The number of carbonyl (C=O) groups is 1. The Morgan fingerprint density at radius 1 is 1.24 bits per heavy atom. The van der Waals surface area contributed by atoms with E-state index >= 15 is 0 Å². The molecule has 2 saturated heterocycles. The van der Waals surface area contributed by atoms with Crippen LogP contribution in [0.1, 0.15) is 24.8 Å². The fraction of sp³-hybridized carbons (Fsp3) is 0.588. The van der Waals surface area contributed by atoms with Crippen molar-refractivity contribution < 1.29 is 9.53 Å². The van der Waals surface area contributed by atoms with E-state index in [0.29, 0.717) is 12.5 Å². The van der Waals surface area contributed by atoms with Crippen LogP contribution in [-0.4, -0.2) is 42.6 Å². The van der Waals surface area contributed by atoms with Crippen molar-refractivity contribution in [1.82, 2.24) is 4.90 Å². The van der Waals surface area contributed by atoms with Crippen LogP contribution in [0, 0.1) is 5.92 Å². The highest BCUT2D eigenvalue weighted by Crippen LogP contribution is 2.25. The quantitative estimate of drug-likeness (QED) is 0.915. The summed E-state index contributed by atoms with van der Waals surface area (Å²) >= 11 is 0. The molecule has 4 nitrogen and oxygen atoms in total. The average Bonchev–Trinajstić information content (AvgIpc) is 3.16. The van der Waals surface area contributed by atoms with Gasteiger partial charge < -0.3 is 15.4 Å². The molecule has 1 unspecified atom stereocenters. The number of rotatable bonds is 4. The van der Waals surface area contributed by atoms with Crippen LogP contribution in [-0.2, 0) is 16.0 Å². The number of carbonyl (C=O) groups excluding carboxylic acids is 1. The van der Waals surface area contributed by atoms with Crippen LogP contribution in [0.15, 0.2) is 30.3 Å². The Morgan fingerprint density at radius 2 is 2.05 bits per heavy atom. The highest BCUT2D eigenvalue weighted by atomic mass is 16.5. The predicted molar refractivity (Wildman–Crippen MR) is 81.8 cm³/mol. The van der Waals surface area contributed by atoms with Crippen molar-refractivity contribution in [3.63, 3.8) is 0 Å². The highest BCUT2D eigenvalue weighted by molar-refractivity contribution is 5.81. The molecule has 2 N–H and O–H groups in total. The molecule has 2 aliphatic heterocycles. The Labute approximate surface area is 126 Å². The molecule has 3 rings (SSSR count). The van der Waals surface area contributed by atoms with E-state index in [-0.39, 0.29) is 18.1 Å². The zero-order valence-corrected chi connectivity index (χ0v) is 12.4. The molecule has 2 heterocycles. The third-order valence-corrected chi connectivity index (χ3v) is 4.61. The van der Waals surface area contributed by atoms with E-state index in [9.17, 15) is 4.79 Å². The van der Waals surface area contributed by atoms with E-state index < -0.39 is 0 Å². The number of amides is 1. The molecule has 21 heavy (non-hydrogen) atoms. The lowest BCUT2D eigenvalue weighted by atomic mass is 9.99. The van der Waals surface area contributed by atoms with Crippen molar-refractivity contribution in [2.75, 3.05) is 19.6 Å². The molecule has 0 bridgehead atoms. The second-order valence-electron chi connectivity index (χ2n) is 6.19. The molecule has 114 valence electrons. The Morgan fingerprint density at radius 3 is 2.76 bits per heavy atom. The van der Waals surface area contributed by atoms with Crippen molar-refractivity contribution in [1.29, 1.82) is 0 Å². The zero-order chi connectivity index (χ0) is 14.7. The molecule has 0 aliphatic carbocycles. The maximum Gasteiger partial charge on any atom is 0.251 e. The molecule has 0 saturated carbocycles. The minimum atomic E-state index is -0.256. The normalized spacial score (nSPS) is 29.0. The summed E-state index contributed by atoms with van der Waals surface area (Å²) in [7, 11) is 0. The van der Waals surface area contributed by atoms with Gasteiger partial charge in [0.15, 0.2) is 0 Å². The fourth-order valence-electron chi connectivity index (χ4n) is 3.41. The molecular weight excluding hydrogens is 264 g/mol. The molecule has 2 fully saturated rings. The van der Waals surface area contributed by atoms with Gasteiger partial charge in [0.05, 0.1) is 6.10 Å². The molecule has 2 aliphatic rings. The third-order valence-electron chi connectivity index (χ3n) is 4.61. The molecular formula is C17H24N2O2. The lowest BCUT2D eigenvalue weighted by molar-refractivity contribution is -0.141. The summed E-state index contributed by atoms with van der Waals surface area (Å²) in [5.74, 6) is 0.740. The first-order chi connectivity index (χ1) is 10.3. The Bertz CT molecular complexity index is 477. The number of likely N-dealkylation sites (tertiary alicyclic amines) is 1. The first kappa shape index (κ1) is 14.5. The van der Waals surface area contributed by atoms with E-state index in [2.05, 4.69) is 24.3 Å². The third kappa shape index (κ3) is 3.44. The van der Waals surface area contributed by atoms with Gasteiger partial charge in [0.2, 0.25) is 0 Å². The number of hydrogen-bond donors (Lipinski definition) is 1. The van der Waals surface area contributed by atoms with Gasteiger partial charge in [-0.15, -0.1) is 0 Å². The monoisotopic (exact) mass is 288 g/mol. The number of ether oxygens (including phenoxy) is 1. The first-order valence-corrected chi connectivity index (χ1v) is 7.94. The topological polar surface area (TPSA) is 55.6 Å². The van der Waals surface area contributed by atoms with Crippen molar-refractivity contribution in [2.24, 2.45) is 11.7 Å². The SMILES string of the molecule is NC[C@H]1CC[C@@H](C(=O)N2CCC(Cc3ccccc3)C2)O1. The van der Waals surface area contributed by atoms with Crippen molar-refractivity contribution in [3.8, 4) is 0 Å². The number of nitrogens with zero attached hydrogens (tertiary/aromatic N) is 1. The Hall–Kier alpha value is -1.39. The maximum atomic E-state index is 12.5. The molecule has 1 aromatic carbocycles. The molecule has 3 atom stereocenters. The van der Waals surface area contributed by atoms with Crippen LogP contribution < -0.4 is 5.73 Å². The molecule has 0 radical (unpaired) electrons. The van der Waals surface area contributed by atoms with Crippen LogP contribution in [0.3, 0.4) is 0 Å². The minimum Gasteiger partial charge on any atom is -0.364 e. The van der Waals surface area contributed by atoms with E-state index in [1.165, 1.54) is 5.56 Å². The average molecular weight is 288 g/mol. The van der Waals surface area contributed by atoms with E-state index in [4.69, 9.17) is 10.5 Å². The molecule has 1 amide bonds. The van der Waals surface area contributed by atoms with Crippen molar-refractivity contribution in [2.45, 2.75) is 37.9 Å². The lowest BCUT2D eigenvalue weighted by Crippen LogP contribution is -2.38. The number of hydrogen-bond acceptors (Lipinski definition) is 3. The lowest BCUT2D eigenvalue weighted by Gasteiger charge is -2.21. The number of nitrogens with two attached hydrogens (primary N) is 1. The van der Waals surface area contributed by atoms with E-state index in [1.54, 1.807) is 0 Å². The maximum absolute atomic E-state index is 12.5. The summed E-state index contributed by atoms with van der Waals surface area (Å²) in [6.07, 6.45) is 3.69. The summed E-state index contributed by atoms with van der Waals surface area (Å²) in [5.41, 5.74) is 6.97. The van der Waals surface area contributed by atoms with Gasteiger partial charge >= 0.3 is 0 Å². The van der Waals surface area contributed by atoms with Gasteiger partial charge in [-0.05, 0) is 37.2 Å². The summed E-state index contributed by atoms with van der Waals surface area (Å²) in [5, 5.41) is 0. The van der Waals surface area contributed by atoms with Crippen LogP contribution in [0.5, 0.6) is 0 Å². The van der Waals surface area contributed by atoms with Gasteiger partial charge in [0, 0.05) is 19.6 Å². The Kier molecular flexibility index (Phi) is 4.56.